The Bertz CT molecular complexity index is 973. The van der Waals surface area contributed by atoms with Gasteiger partial charge in [-0.1, -0.05) is 45.7 Å². The molecule has 1 heterocycles. The molecular weight excluding hydrogens is 464 g/mol. The van der Waals surface area contributed by atoms with Crippen molar-refractivity contribution in [3.05, 3.63) is 63.1 Å². The van der Waals surface area contributed by atoms with Gasteiger partial charge in [0.25, 0.3) is 0 Å². The molecule has 0 aromatic heterocycles. The van der Waals surface area contributed by atoms with Crippen LogP contribution in [0.1, 0.15) is 24.0 Å². The Morgan fingerprint density at radius 1 is 1.21 bits per heavy atom. The lowest BCUT2D eigenvalue weighted by Crippen LogP contribution is -2.41. The van der Waals surface area contributed by atoms with Crippen LogP contribution < -0.4 is 5.32 Å². The van der Waals surface area contributed by atoms with Gasteiger partial charge in [-0.05, 0) is 55.2 Å². The minimum Gasteiger partial charge on any atom is -0.326 e. The Morgan fingerprint density at radius 2 is 1.93 bits per heavy atom. The fraction of sp³-hybridized carbons (Fsp3) is 0.350. The number of hydrogen-bond donors (Lipinski definition) is 1. The predicted octanol–water partition coefficient (Wildman–Crippen LogP) is 4.59. The van der Waals surface area contributed by atoms with Crippen LogP contribution in [-0.4, -0.2) is 31.7 Å². The molecule has 1 aliphatic rings. The highest BCUT2D eigenvalue weighted by Crippen LogP contribution is 2.25. The fourth-order valence-electron chi connectivity index (χ4n) is 3.24. The Morgan fingerprint density at radius 3 is 2.57 bits per heavy atom. The monoisotopic (exact) mass is 484 g/mol. The van der Waals surface area contributed by atoms with E-state index in [9.17, 15) is 13.2 Å². The summed E-state index contributed by atoms with van der Waals surface area (Å²) in [6.45, 7) is 2.60. The molecular formula is C20H22BrClN2O3S. The van der Waals surface area contributed by atoms with Gasteiger partial charge < -0.3 is 5.32 Å². The second-order valence-corrected chi connectivity index (χ2v) is 10.3. The van der Waals surface area contributed by atoms with E-state index in [1.807, 2.05) is 37.3 Å². The predicted molar refractivity (Wildman–Crippen MR) is 116 cm³/mol. The van der Waals surface area contributed by atoms with Crippen molar-refractivity contribution >= 4 is 49.1 Å². The molecule has 0 aliphatic carbocycles. The maximum Gasteiger partial charge on any atom is 0.227 e. The van der Waals surface area contributed by atoms with Gasteiger partial charge in [-0.25, -0.2) is 12.7 Å². The number of nitrogens with one attached hydrogen (secondary N) is 1. The van der Waals surface area contributed by atoms with E-state index in [-0.39, 0.29) is 17.6 Å². The number of amides is 1. The standard InChI is InChI=1S/C20H22BrClN2O3S/c1-14-5-6-18(12-19(14)22)23-20(25)16-7-9-24(10-8-16)28(26,27)13-15-3-2-4-17(21)11-15/h2-6,11-12,16H,7-10,13H2,1H3,(H,23,25). The number of hydrogen-bond acceptors (Lipinski definition) is 3. The van der Waals surface area contributed by atoms with Crippen LogP contribution in [0.3, 0.4) is 0 Å². The molecule has 0 unspecified atom stereocenters. The highest BCUT2D eigenvalue weighted by atomic mass is 79.9. The molecule has 1 fully saturated rings. The number of nitrogens with zero attached hydrogens (tertiary/aromatic N) is 1. The second kappa shape index (κ2) is 8.95. The van der Waals surface area contributed by atoms with Crippen LogP contribution in [0.5, 0.6) is 0 Å². The third-order valence-corrected chi connectivity index (χ3v) is 7.65. The number of carbonyl (C=O) groups excluding carboxylic acids is 1. The summed E-state index contributed by atoms with van der Waals surface area (Å²) in [4.78, 5) is 12.5. The number of aryl methyl sites for hydroxylation is 1. The smallest absolute Gasteiger partial charge is 0.227 e. The Kier molecular flexibility index (Phi) is 6.81. The molecule has 2 aromatic carbocycles. The average molecular weight is 486 g/mol. The summed E-state index contributed by atoms with van der Waals surface area (Å²) in [6.07, 6.45) is 1.01. The summed E-state index contributed by atoms with van der Waals surface area (Å²) in [5, 5.41) is 3.49. The van der Waals surface area contributed by atoms with E-state index in [0.29, 0.717) is 36.6 Å². The van der Waals surface area contributed by atoms with Crippen LogP contribution >= 0.6 is 27.5 Å². The first-order valence-electron chi connectivity index (χ1n) is 9.04. The average Bonchev–Trinajstić information content (AvgIpc) is 2.64. The normalized spacial score (nSPS) is 16.1. The molecule has 1 saturated heterocycles. The number of piperidine rings is 1. The molecule has 0 atom stereocenters. The number of halogens is 2. The zero-order valence-electron chi connectivity index (χ0n) is 15.5. The minimum absolute atomic E-state index is 0.0365. The lowest BCUT2D eigenvalue weighted by Gasteiger charge is -2.30. The number of sulfonamides is 1. The summed E-state index contributed by atoms with van der Waals surface area (Å²) >= 11 is 9.46. The summed E-state index contributed by atoms with van der Waals surface area (Å²) < 4.78 is 27.7. The van der Waals surface area contributed by atoms with Crippen molar-refractivity contribution in [3.63, 3.8) is 0 Å². The molecule has 3 rings (SSSR count). The van der Waals surface area contributed by atoms with Gasteiger partial charge in [-0.2, -0.15) is 0 Å². The Balaban J connectivity index is 1.57. The third kappa shape index (κ3) is 5.35. The lowest BCUT2D eigenvalue weighted by atomic mass is 9.97. The number of carbonyl (C=O) groups is 1. The van der Waals surface area contributed by atoms with Gasteiger partial charge in [0.2, 0.25) is 15.9 Å². The molecule has 0 spiro atoms. The van der Waals surface area contributed by atoms with Crippen LogP contribution in [0.25, 0.3) is 0 Å². The van der Waals surface area contributed by atoms with Gasteiger partial charge in [0.15, 0.2) is 0 Å². The minimum atomic E-state index is -3.41. The Hall–Kier alpha value is -1.41. The van der Waals surface area contributed by atoms with Crippen LogP contribution in [0, 0.1) is 12.8 Å². The van der Waals surface area contributed by atoms with E-state index in [2.05, 4.69) is 21.2 Å². The Labute approximate surface area is 179 Å². The maximum absolute atomic E-state index is 12.7. The van der Waals surface area contributed by atoms with E-state index in [0.717, 1.165) is 15.6 Å². The van der Waals surface area contributed by atoms with Crippen LogP contribution in [0.2, 0.25) is 5.02 Å². The highest BCUT2D eigenvalue weighted by Gasteiger charge is 2.31. The molecule has 2 aromatic rings. The van der Waals surface area contributed by atoms with Gasteiger partial charge in [0.1, 0.15) is 0 Å². The largest absolute Gasteiger partial charge is 0.326 e. The number of anilines is 1. The summed E-state index contributed by atoms with van der Waals surface area (Å²) in [5.74, 6) is -0.341. The van der Waals surface area contributed by atoms with Gasteiger partial charge >= 0.3 is 0 Å². The van der Waals surface area contributed by atoms with Crippen molar-refractivity contribution in [1.29, 1.82) is 0 Å². The van der Waals surface area contributed by atoms with Crippen LogP contribution in [0.15, 0.2) is 46.9 Å². The van der Waals surface area contributed by atoms with Crippen molar-refractivity contribution in [2.75, 3.05) is 18.4 Å². The SMILES string of the molecule is Cc1ccc(NC(=O)C2CCN(S(=O)(=O)Cc3cccc(Br)c3)CC2)cc1Cl. The summed E-state index contributed by atoms with van der Waals surface area (Å²) in [6, 6.07) is 12.7. The van der Waals surface area contributed by atoms with Crippen molar-refractivity contribution in [2.24, 2.45) is 5.92 Å². The van der Waals surface area contributed by atoms with Crippen molar-refractivity contribution in [1.82, 2.24) is 4.31 Å². The van der Waals surface area contributed by atoms with Crippen molar-refractivity contribution < 1.29 is 13.2 Å². The topological polar surface area (TPSA) is 66.5 Å². The molecule has 5 nitrogen and oxygen atoms in total. The molecule has 0 bridgehead atoms. The van der Waals surface area contributed by atoms with E-state index >= 15 is 0 Å². The van der Waals surface area contributed by atoms with E-state index in [1.54, 1.807) is 12.1 Å². The molecule has 0 saturated carbocycles. The highest BCUT2D eigenvalue weighted by molar-refractivity contribution is 9.10. The van der Waals surface area contributed by atoms with Crippen molar-refractivity contribution in [3.8, 4) is 0 Å². The first kappa shape index (κ1) is 21.3. The lowest BCUT2D eigenvalue weighted by molar-refractivity contribution is -0.120. The van der Waals surface area contributed by atoms with Gasteiger partial charge in [0, 0.05) is 34.2 Å². The first-order chi connectivity index (χ1) is 13.2. The maximum atomic E-state index is 12.7. The van der Waals surface area contributed by atoms with E-state index in [4.69, 9.17) is 11.6 Å². The molecule has 8 heteroatoms. The summed E-state index contributed by atoms with van der Waals surface area (Å²) in [5.41, 5.74) is 2.35. The van der Waals surface area contributed by atoms with Crippen LogP contribution in [-0.2, 0) is 20.6 Å². The van der Waals surface area contributed by atoms with E-state index in [1.165, 1.54) is 4.31 Å². The summed E-state index contributed by atoms with van der Waals surface area (Å²) in [7, 11) is -3.41. The number of benzene rings is 2. The molecule has 1 amide bonds. The van der Waals surface area contributed by atoms with E-state index < -0.39 is 10.0 Å². The van der Waals surface area contributed by atoms with Gasteiger partial charge in [-0.3, -0.25) is 4.79 Å². The molecule has 1 N–H and O–H groups in total. The molecule has 1 aliphatic heterocycles. The quantitative estimate of drug-likeness (QED) is 0.673. The molecule has 28 heavy (non-hydrogen) atoms. The third-order valence-electron chi connectivity index (χ3n) is 4.90. The molecule has 150 valence electrons. The first-order valence-corrected chi connectivity index (χ1v) is 11.8. The zero-order valence-corrected chi connectivity index (χ0v) is 18.6. The fourth-order valence-corrected chi connectivity index (χ4v) is 5.42. The van der Waals surface area contributed by atoms with Gasteiger partial charge in [-0.15, -0.1) is 0 Å². The van der Waals surface area contributed by atoms with Crippen molar-refractivity contribution in [2.45, 2.75) is 25.5 Å². The number of rotatable bonds is 5. The second-order valence-electron chi connectivity index (χ2n) is 7.01. The van der Waals surface area contributed by atoms with Crippen LogP contribution in [0.4, 0.5) is 5.69 Å². The van der Waals surface area contributed by atoms with Gasteiger partial charge in [0.05, 0.1) is 5.75 Å². The molecule has 0 radical (unpaired) electrons. The zero-order chi connectivity index (χ0) is 20.3.